The van der Waals surface area contributed by atoms with E-state index in [1.807, 2.05) is 20.8 Å². The van der Waals surface area contributed by atoms with Gasteiger partial charge in [-0.2, -0.15) is 0 Å². The Morgan fingerprint density at radius 3 is 2.70 bits per heavy atom. The normalized spacial score (nSPS) is 11.4. The van der Waals surface area contributed by atoms with E-state index in [-0.39, 0.29) is 18.1 Å². The summed E-state index contributed by atoms with van der Waals surface area (Å²) in [6.45, 7) is 6.62. The molecule has 0 aromatic heterocycles. The maximum absolute atomic E-state index is 11.7. The van der Waals surface area contributed by atoms with Crippen molar-refractivity contribution < 1.29 is 14.3 Å². The van der Waals surface area contributed by atoms with Crippen molar-refractivity contribution in [3.05, 3.63) is 23.2 Å². The van der Waals surface area contributed by atoms with Gasteiger partial charge in [0.2, 0.25) is 5.91 Å². The van der Waals surface area contributed by atoms with Gasteiger partial charge in [0.25, 0.3) is 0 Å². The molecular weight excluding hydrogens is 280 g/mol. The first-order valence-corrected chi connectivity index (χ1v) is 6.72. The zero-order chi connectivity index (χ0) is 15.2. The molecule has 20 heavy (non-hydrogen) atoms. The molecule has 0 saturated heterocycles. The Morgan fingerprint density at radius 2 is 2.05 bits per heavy atom. The van der Waals surface area contributed by atoms with Crippen molar-refractivity contribution in [3.8, 4) is 0 Å². The number of nitrogens with two attached hydrogens (primary N) is 1. The van der Waals surface area contributed by atoms with Gasteiger partial charge in [0.05, 0.1) is 30.2 Å². The predicted molar refractivity (Wildman–Crippen MR) is 81.0 cm³/mol. The summed E-state index contributed by atoms with van der Waals surface area (Å²) in [5, 5.41) is 3.15. The van der Waals surface area contributed by atoms with Crippen LogP contribution in [-0.2, 0) is 14.3 Å². The Balaban J connectivity index is 2.29. The number of carbonyl (C=O) groups is 1. The van der Waals surface area contributed by atoms with Crippen molar-refractivity contribution >= 4 is 28.9 Å². The van der Waals surface area contributed by atoms with Gasteiger partial charge in [-0.3, -0.25) is 4.79 Å². The summed E-state index contributed by atoms with van der Waals surface area (Å²) in [6, 6.07) is 4.89. The number of anilines is 2. The molecular formula is C14H21ClN2O3. The Morgan fingerprint density at radius 1 is 1.35 bits per heavy atom. The smallest absolute Gasteiger partial charge is 0.250 e. The highest BCUT2D eigenvalue weighted by Crippen LogP contribution is 2.22. The average Bonchev–Trinajstić information content (AvgIpc) is 2.32. The van der Waals surface area contributed by atoms with E-state index in [1.165, 1.54) is 0 Å². The lowest BCUT2D eigenvalue weighted by Gasteiger charge is -2.19. The van der Waals surface area contributed by atoms with E-state index in [1.54, 1.807) is 18.2 Å². The van der Waals surface area contributed by atoms with Crippen LogP contribution in [0, 0.1) is 0 Å². The summed E-state index contributed by atoms with van der Waals surface area (Å²) in [7, 11) is 0. The van der Waals surface area contributed by atoms with Crippen molar-refractivity contribution in [3.63, 3.8) is 0 Å². The monoisotopic (exact) mass is 300 g/mol. The lowest BCUT2D eigenvalue weighted by Crippen LogP contribution is -2.24. The molecule has 5 nitrogen and oxygen atoms in total. The van der Waals surface area contributed by atoms with Gasteiger partial charge in [-0.05, 0) is 39.0 Å². The highest BCUT2D eigenvalue weighted by molar-refractivity contribution is 6.31. The largest absolute Gasteiger partial charge is 0.397 e. The van der Waals surface area contributed by atoms with Crippen molar-refractivity contribution in [2.24, 2.45) is 0 Å². The summed E-state index contributed by atoms with van der Waals surface area (Å²) >= 11 is 5.83. The van der Waals surface area contributed by atoms with Crippen LogP contribution < -0.4 is 11.1 Å². The highest BCUT2D eigenvalue weighted by Gasteiger charge is 2.10. The van der Waals surface area contributed by atoms with E-state index < -0.39 is 0 Å². The molecule has 0 atom stereocenters. The molecule has 3 N–H and O–H groups in total. The number of rotatable bonds is 6. The molecule has 0 aliphatic rings. The second-order valence-electron chi connectivity index (χ2n) is 5.29. The maximum Gasteiger partial charge on any atom is 0.250 e. The van der Waals surface area contributed by atoms with Crippen molar-refractivity contribution in [2.45, 2.75) is 26.4 Å². The van der Waals surface area contributed by atoms with Crippen LogP contribution in [0.3, 0.4) is 0 Å². The number of halogens is 1. The third-order valence-corrected chi connectivity index (χ3v) is 2.52. The standard InChI is InChI=1S/C14H21ClN2O3/c1-14(2,3)20-7-6-19-9-13(18)17-12-8-10(15)4-5-11(12)16/h4-5,8H,6-7,9,16H2,1-3H3,(H,17,18). The second kappa shape index (κ2) is 7.47. The Bertz CT molecular complexity index is 458. The number of amides is 1. The molecule has 112 valence electrons. The van der Waals surface area contributed by atoms with Crippen molar-refractivity contribution in [1.29, 1.82) is 0 Å². The summed E-state index contributed by atoms with van der Waals surface area (Å²) in [5.41, 5.74) is 6.46. The van der Waals surface area contributed by atoms with E-state index in [9.17, 15) is 4.79 Å². The van der Waals surface area contributed by atoms with E-state index in [4.69, 9.17) is 26.8 Å². The van der Waals surface area contributed by atoms with Crippen LogP contribution in [0.1, 0.15) is 20.8 Å². The minimum atomic E-state index is -0.283. The van der Waals surface area contributed by atoms with Crippen LogP contribution in [0.4, 0.5) is 11.4 Å². The molecule has 0 heterocycles. The van der Waals surface area contributed by atoms with Crippen LogP contribution in [0.2, 0.25) is 5.02 Å². The van der Waals surface area contributed by atoms with Gasteiger partial charge in [0.15, 0.2) is 0 Å². The Labute approximate surface area is 124 Å². The molecule has 0 unspecified atom stereocenters. The molecule has 1 rings (SSSR count). The molecule has 0 bridgehead atoms. The number of hydrogen-bond acceptors (Lipinski definition) is 4. The lowest BCUT2D eigenvalue weighted by molar-refractivity contribution is -0.121. The number of benzene rings is 1. The molecule has 1 aromatic rings. The van der Waals surface area contributed by atoms with Gasteiger partial charge in [-0.15, -0.1) is 0 Å². The van der Waals surface area contributed by atoms with Crippen molar-refractivity contribution in [2.75, 3.05) is 30.9 Å². The average molecular weight is 301 g/mol. The summed E-state index contributed by atoms with van der Waals surface area (Å²) < 4.78 is 10.7. The first-order chi connectivity index (χ1) is 9.28. The SMILES string of the molecule is CC(C)(C)OCCOCC(=O)Nc1cc(Cl)ccc1N. The molecule has 0 saturated carbocycles. The van der Waals surface area contributed by atoms with Crippen LogP contribution in [0.15, 0.2) is 18.2 Å². The van der Waals surface area contributed by atoms with E-state index in [0.29, 0.717) is 29.6 Å². The first-order valence-electron chi connectivity index (χ1n) is 6.34. The van der Waals surface area contributed by atoms with Gasteiger partial charge in [0.1, 0.15) is 6.61 Å². The molecule has 6 heteroatoms. The Kier molecular flexibility index (Phi) is 6.26. The molecule has 0 spiro atoms. The number of nitrogen functional groups attached to an aromatic ring is 1. The fourth-order valence-electron chi connectivity index (χ4n) is 1.39. The molecule has 0 aliphatic heterocycles. The summed E-state index contributed by atoms with van der Waals surface area (Å²) in [6.07, 6.45) is 0. The van der Waals surface area contributed by atoms with Crippen LogP contribution >= 0.6 is 11.6 Å². The zero-order valence-electron chi connectivity index (χ0n) is 12.0. The second-order valence-corrected chi connectivity index (χ2v) is 5.73. The van der Waals surface area contributed by atoms with Crippen LogP contribution in [-0.4, -0.2) is 31.3 Å². The number of hydrogen-bond donors (Lipinski definition) is 2. The number of nitrogens with one attached hydrogen (secondary N) is 1. The minimum Gasteiger partial charge on any atom is -0.397 e. The fraction of sp³-hybridized carbons (Fsp3) is 0.500. The molecule has 1 aromatic carbocycles. The third kappa shape index (κ3) is 6.75. The Hall–Kier alpha value is -1.30. The molecule has 0 fully saturated rings. The van der Waals surface area contributed by atoms with Gasteiger partial charge in [0, 0.05) is 5.02 Å². The maximum atomic E-state index is 11.7. The topological polar surface area (TPSA) is 73.6 Å². The van der Waals surface area contributed by atoms with Crippen LogP contribution in [0.5, 0.6) is 0 Å². The van der Waals surface area contributed by atoms with E-state index in [2.05, 4.69) is 5.32 Å². The zero-order valence-corrected chi connectivity index (χ0v) is 12.8. The molecule has 1 amide bonds. The minimum absolute atomic E-state index is 0.0561. The highest BCUT2D eigenvalue weighted by atomic mass is 35.5. The molecule has 0 radical (unpaired) electrons. The van der Waals surface area contributed by atoms with Crippen LogP contribution in [0.25, 0.3) is 0 Å². The first kappa shape index (κ1) is 16.8. The van der Waals surface area contributed by atoms with Crippen molar-refractivity contribution in [1.82, 2.24) is 0 Å². The quantitative estimate of drug-likeness (QED) is 0.626. The summed E-state index contributed by atoms with van der Waals surface area (Å²) in [4.78, 5) is 11.7. The van der Waals surface area contributed by atoms with E-state index in [0.717, 1.165) is 0 Å². The lowest BCUT2D eigenvalue weighted by atomic mass is 10.2. The fourth-order valence-corrected chi connectivity index (χ4v) is 1.57. The van der Waals surface area contributed by atoms with Gasteiger partial charge < -0.3 is 20.5 Å². The molecule has 0 aliphatic carbocycles. The van der Waals surface area contributed by atoms with Gasteiger partial charge >= 0.3 is 0 Å². The summed E-state index contributed by atoms with van der Waals surface area (Å²) in [5.74, 6) is -0.283. The van der Waals surface area contributed by atoms with Gasteiger partial charge in [-0.1, -0.05) is 11.6 Å². The number of ether oxygens (including phenoxy) is 2. The van der Waals surface area contributed by atoms with E-state index >= 15 is 0 Å². The predicted octanol–water partition coefficient (Wildman–Crippen LogP) is 2.69. The third-order valence-electron chi connectivity index (χ3n) is 2.29. The number of carbonyl (C=O) groups excluding carboxylic acids is 1. The van der Waals surface area contributed by atoms with Gasteiger partial charge in [-0.25, -0.2) is 0 Å².